The van der Waals surface area contributed by atoms with E-state index in [9.17, 15) is 13.6 Å². The Morgan fingerprint density at radius 2 is 2.24 bits per heavy atom. The summed E-state index contributed by atoms with van der Waals surface area (Å²) >= 11 is 0.875. The van der Waals surface area contributed by atoms with Gasteiger partial charge in [-0.2, -0.15) is 4.39 Å². The molecule has 1 aliphatic heterocycles. The maximum absolute atomic E-state index is 14.3. The number of carbonyl (C=O) groups excluding carboxylic acids is 1. The number of carbonyl (C=O) groups is 1. The van der Waals surface area contributed by atoms with Crippen LogP contribution >= 0.6 is 11.3 Å². The van der Waals surface area contributed by atoms with E-state index in [0.717, 1.165) is 11.3 Å². The summed E-state index contributed by atoms with van der Waals surface area (Å²) in [5, 5.41) is 1.06. The number of amides is 1. The summed E-state index contributed by atoms with van der Waals surface area (Å²) in [5.74, 6) is -0.563. The van der Waals surface area contributed by atoms with Crippen LogP contribution in [0.5, 0.6) is 0 Å². The van der Waals surface area contributed by atoms with Gasteiger partial charge < -0.3 is 9.64 Å². The molecule has 2 heterocycles. The number of methoxy groups -OCH3 is 1. The summed E-state index contributed by atoms with van der Waals surface area (Å²) in [6.07, 6.45) is 3.75. The molecule has 3 nitrogen and oxygen atoms in total. The minimum absolute atomic E-state index is 0.196. The first-order chi connectivity index (χ1) is 10.0. The molecule has 1 unspecified atom stereocenters. The van der Waals surface area contributed by atoms with Crippen molar-refractivity contribution in [2.75, 3.05) is 7.11 Å². The third kappa shape index (κ3) is 2.19. The Labute approximate surface area is 124 Å². The van der Waals surface area contributed by atoms with E-state index in [2.05, 4.69) is 0 Å². The minimum atomic E-state index is -0.445. The molecule has 1 aromatic rings. The van der Waals surface area contributed by atoms with Crippen molar-refractivity contribution >= 4 is 17.2 Å². The van der Waals surface area contributed by atoms with Gasteiger partial charge in [-0.15, -0.1) is 11.3 Å². The van der Waals surface area contributed by atoms with Gasteiger partial charge in [0, 0.05) is 16.7 Å². The Bertz CT molecular complexity index is 702. The maximum atomic E-state index is 14.3. The summed E-state index contributed by atoms with van der Waals surface area (Å²) in [6, 6.07) is 0.816. The lowest BCUT2D eigenvalue weighted by atomic mass is 9.98. The smallest absolute Gasteiger partial charge is 0.259 e. The highest BCUT2D eigenvalue weighted by atomic mass is 32.1. The third-order valence-electron chi connectivity index (χ3n) is 3.66. The van der Waals surface area contributed by atoms with Gasteiger partial charge >= 0.3 is 0 Å². The third-order valence-corrected chi connectivity index (χ3v) is 4.38. The summed E-state index contributed by atoms with van der Waals surface area (Å²) in [4.78, 5) is 14.0. The van der Waals surface area contributed by atoms with E-state index < -0.39 is 11.0 Å². The average molecular weight is 309 g/mol. The van der Waals surface area contributed by atoms with Crippen molar-refractivity contribution in [1.29, 1.82) is 0 Å². The molecule has 0 fully saturated rings. The number of ether oxygens (including phenoxy) is 1. The highest BCUT2D eigenvalue weighted by Gasteiger charge is 2.37. The van der Waals surface area contributed by atoms with Gasteiger partial charge in [0.2, 0.25) is 0 Å². The standard InChI is InChI=1S/C15H13F2NO2S/c1-8-5-10-11(3-4-12(20-2)14(10)17)18(8)15(19)9-6-13(16)21-7-9/h4-7,11H,3H2,1-2H3. The largest absolute Gasteiger partial charge is 0.494 e. The lowest BCUT2D eigenvalue weighted by Gasteiger charge is -2.28. The predicted octanol–water partition coefficient (Wildman–Crippen LogP) is 3.77. The minimum Gasteiger partial charge on any atom is -0.494 e. The zero-order valence-electron chi connectivity index (χ0n) is 11.5. The van der Waals surface area contributed by atoms with Crippen LogP contribution in [0.3, 0.4) is 0 Å². The second-order valence-corrected chi connectivity index (χ2v) is 5.76. The van der Waals surface area contributed by atoms with Crippen molar-refractivity contribution in [3.05, 3.63) is 57.1 Å². The molecule has 1 aromatic heterocycles. The van der Waals surface area contributed by atoms with Crippen LogP contribution in [0.2, 0.25) is 0 Å². The normalized spacial score (nSPS) is 21.1. The molecule has 1 aliphatic carbocycles. The van der Waals surface area contributed by atoms with Gasteiger partial charge in [-0.1, -0.05) is 0 Å². The van der Waals surface area contributed by atoms with Crippen LogP contribution < -0.4 is 0 Å². The molecule has 110 valence electrons. The predicted molar refractivity (Wildman–Crippen MR) is 75.8 cm³/mol. The Kier molecular flexibility index (Phi) is 3.41. The van der Waals surface area contributed by atoms with Gasteiger partial charge in [0.25, 0.3) is 5.91 Å². The number of hydrogen-bond donors (Lipinski definition) is 0. The Hall–Kier alpha value is -1.95. The first-order valence-electron chi connectivity index (χ1n) is 6.43. The number of thiophene rings is 1. The topological polar surface area (TPSA) is 29.5 Å². The van der Waals surface area contributed by atoms with Gasteiger partial charge in [-0.05, 0) is 31.6 Å². The van der Waals surface area contributed by atoms with E-state index in [1.807, 2.05) is 0 Å². The van der Waals surface area contributed by atoms with Crippen molar-refractivity contribution in [3.63, 3.8) is 0 Å². The summed E-state index contributed by atoms with van der Waals surface area (Å²) < 4.78 is 32.3. The molecule has 0 spiro atoms. The van der Waals surface area contributed by atoms with Gasteiger partial charge in [0.15, 0.2) is 16.7 Å². The lowest BCUT2D eigenvalue weighted by Crippen LogP contribution is -2.36. The van der Waals surface area contributed by atoms with Crippen LogP contribution in [0.15, 0.2) is 46.5 Å². The molecular weight excluding hydrogens is 296 g/mol. The molecule has 6 heteroatoms. The molecule has 0 radical (unpaired) electrons. The molecule has 0 saturated heterocycles. The van der Waals surface area contributed by atoms with Gasteiger partial charge in [0.1, 0.15) is 0 Å². The first kappa shape index (κ1) is 14.0. The van der Waals surface area contributed by atoms with Crippen LogP contribution in [0.1, 0.15) is 23.7 Å². The number of rotatable bonds is 2. The van der Waals surface area contributed by atoms with E-state index in [-0.39, 0.29) is 23.3 Å². The quantitative estimate of drug-likeness (QED) is 0.832. The number of halogens is 2. The van der Waals surface area contributed by atoms with Gasteiger partial charge in [-0.25, -0.2) is 4.39 Å². The Balaban J connectivity index is 1.95. The fraction of sp³-hybridized carbons (Fsp3) is 0.267. The van der Waals surface area contributed by atoms with Gasteiger partial charge in [0.05, 0.1) is 18.7 Å². The molecule has 3 rings (SSSR count). The second kappa shape index (κ2) is 5.11. The molecule has 0 N–H and O–H groups in total. The fourth-order valence-corrected chi connectivity index (χ4v) is 3.31. The molecule has 21 heavy (non-hydrogen) atoms. The van der Waals surface area contributed by atoms with E-state index in [1.54, 1.807) is 19.1 Å². The van der Waals surface area contributed by atoms with Crippen LogP contribution in [0.25, 0.3) is 0 Å². The fourth-order valence-electron chi connectivity index (χ4n) is 2.70. The van der Waals surface area contributed by atoms with Crippen LogP contribution in [-0.4, -0.2) is 24.0 Å². The zero-order valence-corrected chi connectivity index (χ0v) is 12.3. The Morgan fingerprint density at radius 3 is 2.86 bits per heavy atom. The van der Waals surface area contributed by atoms with Crippen LogP contribution in [0, 0.1) is 5.13 Å². The lowest BCUT2D eigenvalue weighted by molar-refractivity contribution is 0.0779. The van der Waals surface area contributed by atoms with Crippen molar-refractivity contribution < 1.29 is 18.3 Å². The summed E-state index contributed by atoms with van der Waals surface area (Å²) in [6.45, 7) is 1.74. The molecule has 0 saturated carbocycles. The first-order valence-corrected chi connectivity index (χ1v) is 7.31. The number of nitrogens with zero attached hydrogens (tertiary/aromatic N) is 1. The van der Waals surface area contributed by atoms with Crippen molar-refractivity contribution in [2.24, 2.45) is 0 Å². The zero-order chi connectivity index (χ0) is 15.1. The number of allylic oxidation sites excluding steroid dienone is 2. The number of fused-ring (bicyclic) bond motifs is 1. The second-order valence-electron chi connectivity index (χ2n) is 4.89. The summed E-state index contributed by atoms with van der Waals surface area (Å²) in [5.41, 5.74) is 1.37. The molecule has 1 amide bonds. The van der Waals surface area contributed by atoms with Crippen molar-refractivity contribution in [1.82, 2.24) is 4.90 Å². The van der Waals surface area contributed by atoms with Gasteiger partial charge in [-0.3, -0.25) is 4.79 Å². The molecule has 1 atom stereocenters. The molecule has 0 bridgehead atoms. The van der Waals surface area contributed by atoms with E-state index in [1.165, 1.54) is 23.5 Å². The maximum Gasteiger partial charge on any atom is 0.259 e. The number of hydrogen-bond acceptors (Lipinski definition) is 3. The highest BCUT2D eigenvalue weighted by molar-refractivity contribution is 7.08. The van der Waals surface area contributed by atoms with E-state index >= 15 is 0 Å². The molecular formula is C15H13F2NO2S. The summed E-state index contributed by atoms with van der Waals surface area (Å²) in [7, 11) is 1.41. The van der Waals surface area contributed by atoms with Crippen molar-refractivity contribution in [3.8, 4) is 0 Å². The monoisotopic (exact) mass is 309 g/mol. The SMILES string of the molecule is COC1=CCC2C(=C1F)C=C(C)N2C(=O)c1csc(F)c1. The van der Waals surface area contributed by atoms with Crippen LogP contribution in [-0.2, 0) is 4.74 Å². The van der Waals surface area contributed by atoms with E-state index in [0.29, 0.717) is 17.7 Å². The van der Waals surface area contributed by atoms with Crippen molar-refractivity contribution in [2.45, 2.75) is 19.4 Å². The Morgan fingerprint density at radius 1 is 1.48 bits per heavy atom. The van der Waals surface area contributed by atoms with Crippen LogP contribution in [0.4, 0.5) is 8.78 Å². The molecule has 0 aromatic carbocycles. The molecule has 2 aliphatic rings. The highest BCUT2D eigenvalue weighted by Crippen LogP contribution is 2.38. The van der Waals surface area contributed by atoms with E-state index in [4.69, 9.17) is 4.74 Å². The average Bonchev–Trinajstić information content (AvgIpc) is 3.02.